The van der Waals surface area contributed by atoms with Gasteiger partial charge in [-0.1, -0.05) is 97.2 Å². The van der Waals surface area contributed by atoms with Gasteiger partial charge in [0.1, 0.15) is 12.0 Å². The van der Waals surface area contributed by atoms with Crippen molar-refractivity contribution in [1.29, 1.82) is 0 Å². The molecule has 4 heteroatoms. The van der Waals surface area contributed by atoms with E-state index >= 15 is 0 Å². The van der Waals surface area contributed by atoms with Crippen molar-refractivity contribution in [1.82, 2.24) is 16.0 Å². The number of nitrogens with zero attached hydrogens (tertiary/aromatic N) is 1. The molecule has 8 unspecified atom stereocenters. The number of hydrogen-bond donors (Lipinski definition) is 3. The van der Waals surface area contributed by atoms with Crippen molar-refractivity contribution in [2.45, 2.75) is 94.9 Å². The van der Waals surface area contributed by atoms with Crippen molar-refractivity contribution >= 4 is 18.0 Å². The Labute approximate surface area is 287 Å². The fourth-order valence-electron chi connectivity index (χ4n) is 9.93. The molecule has 2 aromatic rings. The van der Waals surface area contributed by atoms with E-state index in [4.69, 9.17) is 4.99 Å². The molecule has 0 aromatic heterocycles. The van der Waals surface area contributed by atoms with Crippen molar-refractivity contribution in [3.8, 4) is 0 Å². The molecule has 2 aliphatic heterocycles. The lowest BCUT2D eigenvalue weighted by Gasteiger charge is -2.45. The Balaban J connectivity index is 1.11. The summed E-state index contributed by atoms with van der Waals surface area (Å²) >= 11 is 0. The summed E-state index contributed by atoms with van der Waals surface area (Å²) < 4.78 is 0. The van der Waals surface area contributed by atoms with E-state index in [0.717, 1.165) is 38.5 Å². The number of allylic oxidation sites excluding steroid dienone is 8. The second-order valence-corrected chi connectivity index (χ2v) is 15.2. The summed E-state index contributed by atoms with van der Waals surface area (Å²) in [5.74, 6) is 3.68. The van der Waals surface area contributed by atoms with Crippen LogP contribution >= 0.6 is 0 Å². The molecule has 5 aliphatic carbocycles. The molecule has 1 saturated carbocycles. The monoisotopic (exact) mass is 634 g/mol. The van der Waals surface area contributed by atoms with Gasteiger partial charge in [-0.2, -0.15) is 0 Å². The highest BCUT2D eigenvalue weighted by atomic mass is 15.3. The van der Waals surface area contributed by atoms with E-state index in [0.29, 0.717) is 35.6 Å². The predicted octanol–water partition coefficient (Wildman–Crippen LogP) is 9.07. The minimum atomic E-state index is -0.0329. The largest absolute Gasteiger partial charge is 0.385 e. The molecule has 0 amide bonds. The number of benzene rings is 2. The minimum Gasteiger partial charge on any atom is -0.385 e. The summed E-state index contributed by atoms with van der Waals surface area (Å²) in [6, 6.07) is 13.9. The van der Waals surface area contributed by atoms with Crippen LogP contribution in [0, 0.1) is 23.7 Å². The fourth-order valence-corrected chi connectivity index (χ4v) is 9.93. The molecule has 48 heavy (non-hydrogen) atoms. The summed E-state index contributed by atoms with van der Waals surface area (Å²) in [4.78, 5) is 5.51. The summed E-state index contributed by atoms with van der Waals surface area (Å²) in [5, 5.41) is 12.1. The summed E-state index contributed by atoms with van der Waals surface area (Å²) in [6.07, 6.45) is 39.1. The highest BCUT2D eigenvalue weighted by molar-refractivity contribution is 5.86. The van der Waals surface area contributed by atoms with Gasteiger partial charge in [-0.3, -0.25) is 5.32 Å². The first-order chi connectivity index (χ1) is 23.8. The zero-order valence-electron chi connectivity index (χ0n) is 28.2. The first-order valence-electron chi connectivity index (χ1n) is 18.9. The molecule has 0 radical (unpaired) electrons. The molecule has 8 atom stereocenters. The first-order valence-corrected chi connectivity index (χ1v) is 18.9. The Hall–Kier alpha value is -3.89. The Kier molecular flexibility index (Phi) is 8.30. The highest BCUT2D eigenvalue weighted by Crippen LogP contribution is 2.50. The number of amidine groups is 1. The van der Waals surface area contributed by atoms with Crippen LogP contribution in [-0.4, -0.2) is 18.0 Å². The molecule has 0 bridgehead atoms. The SMILES string of the molecule is C1=CCC(C2NC(C3CCC(C4=CCC5C=CCCC5N4)C(c4c5c(cc6c4CCC=C6)C=CCC5)C3)=NC(c3ccccc3)N2)C=C1. The third-order valence-electron chi connectivity index (χ3n) is 12.4. The maximum Gasteiger partial charge on any atom is 0.129 e. The molecular formula is C44H50N4. The van der Waals surface area contributed by atoms with E-state index in [1.54, 1.807) is 22.4 Å². The lowest BCUT2D eigenvalue weighted by atomic mass is 9.65. The zero-order chi connectivity index (χ0) is 31.9. The van der Waals surface area contributed by atoms with Crippen LogP contribution in [0.3, 0.4) is 0 Å². The van der Waals surface area contributed by atoms with E-state index in [9.17, 15) is 0 Å². The van der Waals surface area contributed by atoms with E-state index < -0.39 is 0 Å². The van der Waals surface area contributed by atoms with Gasteiger partial charge in [0.2, 0.25) is 0 Å². The molecular weight excluding hydrogens is 585 g/mol. The second kappa shape index (κ2) is 13.2. The van der Waals surface area contributed by atoms with Gasteiger partial charge in [0.05, 0.1) is 6.17 Å². The lowest BCUT2D eigenvalue weighted by molar-refractivity contribution is 0.258. The maximum atomic E-state index is 5.51. The Morgan fingerprint density at radius 2 is 1.54 bits per heavy atom. The number of hydrogen-bond acceptors (Lipinski definition) is 4. The van der Waals surface area contributed by atoms with Crippen LogP contribution in [0.4, 0.5) is 0 Å². The summed E-state index contributed by atoms with van der Waals surface area (Å²) in [5.41, 5.74) is 10.7. The lowest BCUT2D eigenvalue weighted by Crippen LogP contribution is -2.56. The second-order valence-electron chi connectivity index (χ2n) is 15.2. The topological polar surface area (TPSA) is 48.5 Å². The smallest absolute Gasteiger partial charge is 0.129 e. The van der Waals surface area contributed by atoms with Crippen LogP contribution in [0.25, 0.3) is 12.2 Å². The number of aliphatic imine (C=N–C) groups is 1. The van der Waals surface area contributed by atoms with Crippen LogP contribution in [0.5, 0.6) is 0 Å². The van der Waals surface area contributed by atoms with Crippen molar-refractivity contribution in [2.75, 3.05) is 0 Å². The van der Waals surface area contributed by atoms with E-state index in [2.05, 4.69) is 119 Å². The van der Waals surface area contributed by atoms with Crippen LogP contribution in [-0.2, 0) is 12.8 Å². The van der Waals surface area contributed by atoms with E-state index in [1.165, 1.54) is 54.6 Å². The molecule has 1 fully saturated rings. The molecule has 2 aromatic carbocycles. The fraction of sp³-hybridized carbons (Fsp3) is 0.432. The Morgan fingerprint density at radius 3 is 2.33 bits per heavy atom. The maximum absolute atomic E-state index is 5.51. The molecule has 7 aliphatic rings. The van der Waals surface area contributed by atoms with Crippen molar-refractivity contribution in [3.63, 3.8) is 0 Å². The van der Waals surface area contributed by atoms with Crippen LogP contribution < -0.4 is 16.0 Å². The molecule has 9 rings (SSSR count). The molecule has 246 valence electrons. The van der Waals surface area contributed by atoms with Crippen LogP contribution in [0.15, 0.2) is 102 Å². The number of fused-ring (bicyclic) bond motifs is 3. The van der Waals surface area contributed by atoms with Gasteiger partial charge in [-0.25, -0.2) is 4.99 Å². The summed E-state index contributed by atoms with van der Waals surface area (Å²) in [6.45, 7) is 0. The van der Waals surface area contributed by atoms with E-state index in [-0.39, 0.29) is 12.3 Å². The van der Waals surface area contributed by atoms with Gasteiger partial charge < -0.3 is 10.6 Å². The van der Waals surface area contributed by atoms with Gasteiger partial charge in [0.25, 0.3) is 0 Å². The van der Waals surface area contributed by atoms with Crippen molar-refractivity contribution in [3.05, 3.63) is 130 Å². The van der Waals surface area contributed by atoms with E-state index in [1.807, 2.05) is 0 Å². The Morgan fingerprint density at radius 1 is 0.708 bits per heavy atom. The third-order valence-corrected chi connectivity index (χ3v) is 12.4. The standard InChI is InChI=1S/C44H50N4/c1-3-14-30(15-4-1)42-46-43(31-16-5-2-6-17-31)48-44(47-42)34-23-25-37(40-26-24-29-13-9-12-22-39(29)45-40)38(28-34)41-35-20-10-7-18-32(35)27-33-19-8-11-21-36(33)41/h1-9,13-16,18-19,26-27,29,31,34,37-39,42-43,45-46H,10-12,17,20-25,28H2,(H,47,48). The third kappa shape index (κ3) is 5.76. The first kappa shape index (κ1) is 30.2. The van der Waals surface area contributed by atoms with Gasteiger partial charge >= 0.3 is 0 Å². The minimum absolute atomic E-state index is 0.0329. The summed E-state index contributed by atoms with van der Waals surface area (Å²) in [7, 11) is 0. The van der Waals surface area contributed by atoms with Crippen LogP contribution in [0.2, 0.25) is 0 Å². The molecule has 0 saturated heterocycles. The van der Waals surface area contributed by atoms with Gasteiger partial charge in [-0.05, 0) is 116 Å². The van der Waals surface area contributed by atoms with Gasteiger partial charge in [0, 0.05) is 35.4 Å². The number of rotatable bonds is 5. The number of nitrogens with one attached hydrogen (secondary N) is 3. The Bertz CT molecular complexity index is 1700. The quantitative estimate of drug-likeness (QED) is 0.288. The normalized spacial score (nSPS) is 33.4. The van der Waals surface area contributed by atoms with Crippen LogP contribution in [0.1, 0.15) is 103 Å². The molecule has 3 N–H and O–H groups in total. The zero-order valence-corrected chi connectivity index (χ0v) is 28.2. The molecule has 4 nitrogen and oxygen atoms in total. The predicted molar refractivity (Wildman–Crippen MR) is 199 cm³/mol. The molecule has 2 heterocycles. The average molecular weight is 635 g/mol. The van der Waals surface area contributed by atoms with Gasteiger partial charge in [-0.15, -0.1) is 0 Å². The molecule has 0 spiro atoms. The highest BCUT2D eigenvalue weighted by Gasteiger charge is 2.42. The van der Waals surface area contributed by atoms with Crippen molar-refractivity contribution in [2.24, 2.45) is 28.7 Å². The van der Waals surface area contributed by atoms with Gasteiger partial charge in [0.15, 0.2) is 0 Å². The average Bonchev–Trinajstić information content (AvgIpc) is 3.17. The van der Waals surface area contributed by atoms with Crippen molar-refractivity contribution < 1.29 is 0 Å².